The molecular weight excluding hydrogens is 367 g/mol. The smallest absolute Gasteiger partial charge is 0.340 e. The summed E-state index contributed by atoms with van der Waals surface area (Å²) in [5.41, 5.74) is -0.168. The molecule has 1 aromatic carbocycles. The predicted octanol–water partition coefficient (Wildman–Crippen LogP) is 1.69. The van der Waals surface area contributed by atoms with Crippen LogP contribution in [0.25, 0.3) is 0 Å². The van der Waals surface area contributed by atoms with Crippen LogP contribution in [-0.4, -0.2) is 51.6 Å². The first-order valence-electron chi connectivity index (χ1n) is 6.49. The fourth-order valence-electron chi connectivity index (χ4n) is 1.98. The van der Waals surface area contributed by atoms with Crippen LogP contribution in [0.1, 0.15) is 10.4 Å². The molecule has 1 aromatic rings. The number of carbonyl (C=O) groups excluding carboxylic acids is 1. The number of hydrogen-bond acceptors (Lipinski definition) is 6. The molecule has 1 fully saturated rings. The molecule has 0 saturated carbocycles. The van der Waals surface area contributed by atoms with Crippen molar-refractivity contribution in [3.8, 4) is 6.07 Å². The summed E-state index contributed by atoms with van der Waals surface area (Å²) in [4.78, 5) is 11.6. The number of benzene rings is 1. The van der Waals surface area contributed by atoms with Crippen LogP contribution >= 0.6 is 23.2 Å². The van der Waals surface area contributed by atoms with Gasteiger partial charge < -0.3 is 9.47 Å². The number of hydrogen-bond donors (Lipinski definition) is 0. The Morgan fingerprint density at radius 2 is 1.96 bits per heavy atom. The highest BCUT2D eigenvalue weighted by Crippen LogP contribution is 2.31. The third-order valence-corrected chi connectivity index (χ3v) is 5.77. The molecule has 0 atom stereocenters. The van der Waals surface area contributed by atoms with Crippen LogP contribution in [0.3, 0.4) is 0 Å². The number of nitriles is 1. The molecule has 1 saturated heterocycles. The Bertz CT molecular complexity index is 754. The highest BCUT2D eigenvalue weighted by Gasteiger charge is 2.30. The molecule has 2 rings (SSSR count). The lowest BCUT2D eigenvalue weighted by Crippen LogP contribution is -2.40. The van der Waals surface area contributed by atoms with Gasteiger partial charge in [-0.3, -0.25) is 0 Å². The van der Waals surface area contributed by atoms with E-state index in [2.05, 4.69) is 4.74 Å². The van der Waals surface area contributed by atoms with Gasteiger partial charge in [0.2, 0.25) is 10.0 Å². The Balaban J connectivity index is 2.42. The van der Waals surface area contributed by atoms with Gasteiger partial charge >= 0.3 is 5.97 Å². The maximum absolute atomic E-state index is 12.6. The zero-order chi connectivity index (χ0) is 17.0. The van der Waals surface area contributed by atoms with Crippen molar-refractivity contribution in [2.75, 3.05) is 32.9 Å². The standard InChI is InChI=1S/C13H12Cl2N2O5S/c14-10-8-11(15)12(7-9(10)13(18)22-4-1-16)23(19,20)17-2-5-21-6-3-17/h7-8H,2-6H2. The van der Waals surface area contributed by atoms with Gasteiger partial charge in [-0.05, 0) is 12.1 Å². The van der Waals surface area contributed by atoms with Crippen molar-refractivity contribution in [2.24, 2.45) is 0 Å². The van der Waals surface area contributed by atoms with E-state index in [0.29, 0.717) is 0 Å². The minimum absolute atomic E-state index is 0.0566. The van der Waals surface area contributed by atoms with E-state index >= 15 is 0 Å². The Kier molecular flexibility index (Phi) is 5.84. The fourth-order valence-corrected chi connectivity index (χ4v) is 4.22. The van der Waals surface area contributed by atoms with Crippen molar-refractivity contribution in [3.05, 3.63) is 27.7 Å². The van der Waals surface area contributed by atoms with E-state index in [-0.39, 0.29) is 46.8 Å². The van der Waals surface area contributed by atoms with Gasteiger partial charge in [-0.1, -0.05) is 23.2 Å². The van der Waals surface area contributed by atoms with Gasteiger partial charge in [-0.15, -0.1) is 0 Å². The largest absolute Gasteiger partial charge is 0.447 e. The van der Waals surface area contributed by atoms with Gasteiger partial charge in [-0.25, -0.2) is 13.2 Å². The molecular formula is C13H12Cl2N2O5S. The molecule has 23 heavy (non-hydrogen) atoms. The number of ether oxygens (including phenoxy) is 2. The molecule has 7 nitrogen and oxygen atoms in total. The van der Waals surface area contributed by atoms with Crippen LogP contribution in [0.4, 0.5) is 0 Å². The maximum atomic E-state index is 12.6. The molecule has 124 valence electrons. The van der Waals surface area contributed by atoms with E-state index in [9.17, 15) is 13.2 Å². The average Bonchev–Trinajstić information content (AvgIpc) is 2.53. The normalized spacial score (nSPS) is 15.9. The number of rotatable bonds is 4. The van der Waals surface area contributed by atoms with E-state index in [0.717, 1.165) is 6.07 Å². The molecule has 0 radical (unpaired) electrons. The summed E-state index contributed by atoms with van der Waals surface area (Å²) in [5, 5.41) is 8.28. The Hall–Kier alpha value is -1.37. The maximum Gasteiger partial charge on any atom is 0.340 e. The predicted molar refractivity (Wildman–Crippen MR) is 81.9 cm³/mol. The number of carbonyl (C=O) groups is 1. The van der Waals surface area contributed by atoms with Crippen LogP contribution in [0.2, 0.25) is 10.0 Å². The van der Waals surface area contributed by atoms with Crippen LogP contribution in [0, 0.1) is 11.3 Å². The zero-order valence-corrected chi connectivity index (χ0v) is 14.1. The van der Waals surface area contributed by atoms with Gasteiger partial charge in [-0.2, -0.15) is 9.57 Å². The lowest BCUT2D eigenvalue weighted by molar-refractivity contribution is 0.0555. The molecule has 0 N–H and O–H groups in total. The van der Waals surface area contributed by atoms with Crippen molar-refractivity contribution in [3.63, 3.8) is 0 Å². The summed E-state index contributed by atoms with van der Waals surface area (Å²) in [7, 11) is -3.90. The summed E-state index contributed by atoms with van der Waals surface area (Å²) in [6.45, 7) is 0.470. The summed E-state index contributed by atoms with van der Waals surface area (Å²) in [6.07, 6.45) is 0. The third-order valence-electron chi connectivity index (χ3n) is 3.10. The summed E-state index contributed by atoms with van der Waals surface area (Å²) < 4.78 is 36.3. The average molecular weight is 379 g/mol. The van der Waals surface area contributed by atoms with Crippen LogP contribution in [0.15, 0.2) is 17.0 Å². The lowest BCUT2D eigenvalue weighted by atomic mass is 10.2. The SMILES string of the molecule is N#CCOC(=O)c1cc(S(=O)(=O)N2CCOCC2)c(Cl)cc1Cl. The number of nitrogens with zero attached hydrogens (tertiary/aromatic N) is 2. The van der Waals surface area contributed by atoms with E-state index in [1.54, 1.807) is 6.07 Å². The van der Waals surface area contributed by atoms with E-state index in [1.807, 2.05) is 0 Å². The minimum Gasteiger partial charge on any atom is -0.447 e. The van der Waals surface area contributed by atoms with E-state index in [4.69, 9.17) is 33.2 Å². The molecule has 0 aromatic heterocycles. The Labute approximate surface area is 143 Å². The molecule has 0 aliphatic carbocycles. The lowest BCUT2D eigenvalue weighted by Gasteiger charge is -2.26. The second kappa shape index (κ2) is 7.47. The first-order valence-corrected chi connectivity index (χ1v) is 8.68. The van der Waals surface area contributed by atoms with Crippen molar-refractivity contribution in [1.82, 2.24) is 4.31 Å². The number of esters is 1. The summed E-state index contributed by atoms with van der Waals surface area (Å²) in [5.74, 6) is -0.897. The molecule has 1 heterocycles. The summed E-state index contributed by atoms with van der Waals surface area (Å²) >= 11 is 11.9. The van der Waals surface area contributed by atoms with E-state index < -0.39 is 22.6 Å². The summed E-state index contributed by atoms with van der Waals surface area (Å²) in [6, 6.07) is 3.87. The minimum atomic E-state index is -3.90. The third kappa shape index (κ3) is 3.94. The van der Waals surface area contributed by atoms with Gasteiger partial charge in [0, 0.05) is 13.1 Å². The molecule has 0 spiro atoms. The zero-order valence-electron chi connectivity index (χ0n) is 11.8. The van der Waals surface area contributed by atoms with Crippen LogP contribution in [0.5, 0.6) is 0 Å². The Morgan fingerprint density at radius 1 is 1.30 bits per heavy atom. The number of halogens is 2. The number of morpholine rings is 1. The quantitative estimate of drug-likeness (QED) is 0.739. The second-order valence-electron chi connectivity index (χ2n) is 4.51. The number of sulfonamides is 1. The first kappa shape index (κ1) is 18.0. The van der Waals surface area contributed by atoms with Crippen molar-refractivity contribution < 1.29 is 22.7 Å². The Morgan fingerprint density at radius 3 is 2.57 bits per heavy atom. The van der Waals surface area contributed by atoms with Crippen molar-refractivity contribution in [1.29, 1.82) is 5.26 Å². The fraction of sp³-hybridized carbons (Fsp3) is 0.385. The molecule has 1 aliphatic rings. The second-order valence-corrected chi connectivity index (χ2v) is 7.23. The highest BCUT2D eigenvalue weighted by molar-refractivity contribution is 7.89. The highest BCUT2D eigenvalue weighted by atomic mass is 35.5. The first-order chi connectivity index (χ1) is 10.9. The van der Waals surface area contributed by atoms with Crippen molar-refractivity contribution >= 4 is 39.2 Å². The molecule has 10 heteroatoms. The van der Waals surface area contributed by atoms with Crippen LogP contribution < -0.4 is 0 Å². The van der Waals surface area contributed by atoms with Gasteiger partial charge in [0.1, 0.15) is 11.0 Å². The molecule has 1 aliphatic heterocycles. The van der Waals surface area contributed by atoms with E-state index in [1.165, 1.54) is 10.4 Å². The van der Waals surface area contributed by atoms with Gasteiger partial charge in [0.25, 0.3) is 0 Å². The van der Waals surface area contributed by atoms with Crippen molar-refractivity contribution in [2.45, 2.75) is 4.90 Å². The molecule has 0 bridgehead atoms. The van der Waals surface area contributed by atoms with Gasteiger partial charge in [0.15, 0.2) is 6.61 Å². The van der Waals surface area contributed by atoms with Crippen LogP contribution in [-0.2, 0) is 19.5 Å². The monoisotopic (exact) mass is 378 g/mol. The molecule has 0 unspecified atom stereocenters. The van der Waals surface area contributed by atoms with Gasteiger partial charge in [0.05, 0.1) is 28.8 Å². The topological polar surface area (TPSA) is 96.7 Å². The molecule has 0 amide bonds.